The van der Waals surface area contributed by atoms with Crippen LogP contribution in [-0.2, 0) is 11.3 Å². The predicted molar refractivity (Wildman–Crippen MR) is 115 cm³/mol. The van der Waals surface area contributed by atoms with E-state index in [2.05, 4.69) is 66.4 Å². The van der Waals surface area contributed by atoms with Crippen molar-refractivity contribution in [3.8, 4) is 5.75 Å². The fraction of sp³-hybridized carbons (Fsp3) is 0.636. The number of hydrogen-bond acceptors (Lipinski definition) is 3. The molecule has 1 fully saturated rings. The summed E-state index contributed by atoms with van der Waals surface area (Å²) in [6.45, 7) is 10.8. The molecular formula is C22H36N4O2. The van der Waals surface area contributed by atoms with Gasteiger partial charge in [-0.1, -0.05) is 12.1 Å². The lowest BCUT2D eigenvalue weighted by molar-refractivity contribution is -0.121. The summed E-state index contributed by atoms with van der Waals surface area (Å²) in [5.74, 6) is 2.41. The Morgan fingerprint density at radius 2 is 1.96 bits per heavy atom. The van der Waals surface area contributed by atoms with E-state index in [1.165, 1.54) is 5.56 Å². The molecule has 28 heavy (non-hydrogen) atoms. The summed E-state index contributed by atoms with van der Waals surface area (Å²) < 4.78 is 6.16. The number of rotatable bonds is 5. The van der Waals surface area contributed by atoms with Gasteiger partial charge in [0.2, 0.25) is 5.91 Å². The summed E-state index contributed by atoms with van der Waals surface area (Å²) in [5, 5.41) is 6.21. The first-order valence-corrected chi connectivity index (χ1v) is 10.2. The molecule has 0 aromatic heterocycles. The highest BCUT2D eigenvalue weighted by atomic mass is 16.5. The van der Waals surface area contributed by atoms with E-state index in [0.717, 1.165) is 43.2 Å². The van der Waals surface area contributed by atoms with E-state index in [1.54, 1.807) is 7.05 Å². The maximum absolute atomic E-state index is 11.6. The standard InChI is InChI=1S/C22H36N4O2/c1-16-7-8-18(19(13-16)28-22(2,3)4)15-25-21(24-6)26-11-9-17(10-12-26)14-20(27)23-5/h7-8,13,17H,9-12,14-15H2,1-6H3,(H,23,27)(H,24,25). The van der Waals surface area contributed by atoms with Gasteiger partial charge in [-0.25, -0.2) is 0 Å². The van der Waals surface area contributed by atoms with Crippen molar-refractivity contribution in [2.45, 2.75) is 59.1 Å². The monoisotopic (exact) mass is 388 g/mol. The molecule has 0 unspecified atom stereocenters. The third-order valence-corrected chi connectivity index (χ3v) is 4.95. The van der Waals surface area contributed by atoms with E-state index in [4.69, 9.17) is 4.74 Å². The van der Waals surface area contributed by atoms with Crippen LogP contribution in [0, 0.1) is 12.8 Å². The molecule has 2 rings (SSSR count). The lowest BCUT2D eigenvalue weighted by Gasteiger charge is -2.34. The van der Waals surface area contributed by atoms with Crippen molar-refractivity contribution in [2.75, 3.05) is 27.2 Å². The largest absolute Gasteiger partial charge is 0.488 e. The van der Waals surface area contributed by atoms with E-state index in [-0.39, 0.29) is 11.5 Å². The molecule has 1 aromatic carbocycles. The number of ether oxygens (including phenoxy) is 1. The van der Waals surface area contributed by atoms with Crippen molar-refractivity contribution in [1.29, 1.82) is 0 Å². The number of hydrogen-bond donors (Lipinski definition) is 2. The third-order valence-electron chi connectivity index (χ3n) is 4.95. The van der Waals surface area contributed by atoms with Gasteiger partial charge in [0.15, 0.2) is 5.96 Å². The van der Waals surface area contributed by atoms with Crippen LogP contribution < -0.4 is 15.4 Å². The van der Waals surface area contributed by atoms with Crippen LogP contribution in [0.1, 0.15) is 51.2 Å². The number of aliphatic imine (C=N–C) groups is 1. The second-order valence-electron chi connectivity index (χ2n) is 8.53. The molecule has 0 aliphatic carbocycles. The van der Waals surface area contributed by atoms with Gasteiger partial charge in [-0.3, -0.25) is 9.79 Å². The van der Waals surface area contributed by atoms with Gasteiger partial charge in [0.1, 0.15) is 11.4 Å². The van der Waals surface area contributed by atoms with Crippen LogP contribution >= 0.6 is 0 Å². The molecule has 0 atom stereocenters. The summed E-state index contributed by atoms with van der Waals surface area (Å²) in [7, 11) is 3.52. The Morgan fingerprint density at radius 1 is 1.29 bits per heavy atom. The zero-order chi connectivity index (χ0) is 20.7. The lowest BCUT2D eigenvalue weighted by atomic mass is 9.93. The molecule has 0 spiro atoms. The summed E-state index contributed by atoms with van der Waals surface area (Å²) >= 11 is 0. The second-order valence-corrected chi connectivity index (χ2v) is 8.53. The summed E-state index contributed by atoms with van der Waals surface area (Å²) in [4.78, 5) is 18.3. The number of benzene rings is 1. The first-order chi connectivity index (χ1) is 13.2. The van der Waals surface area contributed by atoms with Crippen LogP contribution in [0.2, 0.25) is 0 Å². The average Bonchev–Trinajstić information content (AvgIpc) is 2.63. The Hall–Kier alpha value is -2.24. The van der Waals surface area contributed by atoms with Crippen molar-refractivity contribution in [3.63, 3.8) is 0 Å². The first-order valence-electron chi connectivity index (χ1n) is 10.2. The van der Waals surface area contributed by atoms with Crippen molar-refractivity contribution in [1.82, 2.24) is 15.5 Å². The molecule has 1 aliphatic rings. The molecule has 0 saturated carbocycles. The van der Waals surface area contributed by atoms with Gasteiger partial charge in [0.05, 0.1) is 0 Å². The number of aryl methyl sites for hydroxylation is 1. The molecule has 1 amide bonds. The smallest absolute Gasteiger partial charge is 0.220 e. The van der Waals surface area contributed by atoms with Gasteiger partial charge < -0.3 is 20.3 Å². The average molecular weight is 389 g/mol. The van der Waals surface area contributed by atoms with Gasteiger partial charge in [-0.15, -0.1) is 0 Å². The van der Waals surface area contributed by atoms with Gasteiger partial charge in [0, 0.05) is 45.7 Å². The molecule has 2 N–H and O–H groups in total. The minimum absolute atomic E-state index is 0.131. The number of nitrogens with zero attached hydrogens (tertiary/aromatic N) is 2. The van der Waals surface area contributed by atoms with Gasteiger partial charge in [-0.05, 0) is 58.1 Å². The zero-order valence-corrected chi connectivity index (χ0v) is 18.3. The summed E-state index contributed by atoms with van der Waals surface area (Å²) in [5.41, 5.74) is 2.07. The molecular weight excluding hydrogens is 352 g/mol. The van der Waals surface area contributed by atoms with E-state index in [1.807, 2.05) is 7.05 Å². The van der Waals surface area contributed by atoms with E-state index in [0.29, 0.717) is 18.9 Å². The zero-order valence-electron chi connectivity index (χ0n) is 18.3. The Labute approximate surface area is 169 Å². The number of likely N-dealkylation sites (tertiary alicyclic amines) is 1. The Balaban J connectivity index is 1.95. The predicted octanol–water partition coefficient (Wildman–Crippen LogP) is 3.10. The number of carbonyl (C=O) groups excluding carboxylic acids is 1. The number of piperidine rings is 1. The number of carbonyl (C=O) groups is 1. The van der Waals surface area contributed by atoms with Crippen molar-refractivity contribution in [2.24, 2.45) is 10.9 Å². The van der Waals surface area contributed by atoms with Gasteiger partial charge in [0.25, 0.3) is 0 Å². The molecule has 0 bridgehead atoms. The third kappa shape index (κ3) is 6.73. The van der Waals surface area contributed by atoms with Crippen LogP contribution in [0.5, 0.6) is 5.75 Å². The quantitative estimate of drug-likeness (QED) is 0.601. The SMILES string of the molecule is CN=C(NCc1ccc(C)cc1OC(C)(C)C)N1CCC(CC(=O)NC)CC1. The van der Waals surface area contributed by atoms with Crippen LogP contribution in [0.4, 0.5) is 0 Å². The van der Waals surface area contributed by atoms with Crippen molar-refractivity contribution < 1.29 is 9.53 Å². The van der Waals surface area contributed by atoms with Crippen LogP contribution in [0.3, 0.4) is 0 Å². The molecule has 1 heterocycles. The van der Waals surface area contributed by atoms with E-state index in [9.17, 15) is 4.79 Å². The molecule has 1 aliphatic heterocycles. The molecule has 1 saturated heterocycles. The maximum Gasteiger partial charge on any atom is 0.220 e. The van der Waals surface area contributed by atoms with Crippen LogP contribution in [0.25, 0.3) is 0 Å². The number of nitrogens with one attached hydrogen (secondary N) is 2. The molecule has 156 valence electrons. The molecule has 6 nitrogen and oxygen atoms in total. The lowest BCUT2D eigenvalue weighted by Crippen LogP contribution is -2.45. The fourth-order valence-electron chi connectivity index (χ4n) is 3.45. The fourth-order valence-corrected chi connectivity index (χ4v) is 3.45. The minimum Gasteiger partial charge on any atom is -0.488 e. The molecule has 0 radical (unpaired) electrons. The van der Waals surface area contributed by atoms with Crippen molar-refractivity contribution in [3.05, 3.63) is 29.3 Å². The van der Waals surface area contributed by atoms with Crippen LogP contribution in [-0.4, -0.2) is 49.6 Å². The van der Waals surface area contributed by atoms with Crippen LogP contribution in [0.15, 0.2) is 23.2 Å². The second kappa shape index (κ2) is 9.80. The van der Waals surface area contributed by atoms with Gasteiger partial charge in [-0.2, -0.15) is 0 Å². The highest BCUT2D eigenvalue weighted by Crippen LogP contribution is 2.25. The Morgan fingerprint density at radius 3 is 2.54 bits per heavy atom. The summed E-state index contributed by atoms with van der Waals surface area (Å²) in [6, 6.07) is 6.32. The first kappa shape index (κ1) is 22.1. The maximum atomic E-state index is 11.6. The topological polar surface area (TPSA) is 66.0 Å². The molecule has 6 heteroatoms. The Bertz CT molecular complexity index is 686. The van der Waals surface area contributed by atoms with Crippen molar-refractivity contribution >= 4 is 11.9 Å². The number of amides is 1. The highest BCUT2D eigenvalue weighted by molar-refractivity contribution is 5.80. The molecule has 1 aromatic rings. The number of guanidine groups is 1. The van der Waals surface area contributed by atoms with Gasteiger partial charge >= 0.3 is 0 Å². The highest BCUT2D eigenvalue weighted by Gasteiger charge is 2.23. The summed E-state index contributed by atoms with van der Waals surface area (Å²) in [6.07, 6.45) is 2.64. The minimum atomic E-state index is -0.239. The van der Waals surface area contributed by atoms with E-state index >= 15 is 0 Å². The normalized spacial score (nSPS) is 16.1. The Kier molecular flexibility index (Phi) is 7.72. The van der Waals surface area contributed by atoms with E-state index < -0.39 is 0 Å².